The molecule has 0 radical (unpaired) electrons. The summed E-state index contributed by atoms with van der Waals surface area (Å²) >= 11 is 0. The molecule has 3 rings (SSSR count). The average molecular weight is 647 g/mol. The Kier molecular flexibility index (Phi) is 14.5. The number of aliphatic hydroxyl groups is 1. The van der Waals surface area contributed by atoms with Gasteiger partial charge in [0.25, 0.3) is 0 Å². The molecule has 1 aliphatic carbocycles. The third-order valence-corrected chi connectivity index (χ3v) is 9.14. The van der Waals surface area contributed by atoms with Crippen molar-refractivity contribution in [2.75, 3.05) is 6.61 Å². The fourth-order valence-electron chi connectivity index (χ4n) is 6.07. The number of Topliss-reactive ketones (excluding diaryl/α,β-unsaturated/α-hetero) is 3. The molecule has 0 heterocycles. The Balaban J connectivity index is 1.81. The second kappa shape index (κ2) is 18.0. The molecular formula is C39H54N2O6. The molecule has 1 aliphatic rings. The zero-order valence-corrected chi connectivity index (χ0v) is 28.8. The van der Waals surface area contributed by atoms with Gasteiger partial charge < -0.3 is 15.7 Å². The van der Waals surface area contributed by atoms with Crippen molar-refractivity contribution in [2.24, 2.45) is 29.1 Å². The van der Waals surface area contributed by atoms with Gasteiger partial charge in [-0.05, 0) is 67.9 Å². The van der Waals surface area contributed by atoms with E-state index in [2.05, 4.69) is 10.6 Å². The normalized spacial score (nSPS) is 16.2. The summed E-state index contributed by atoms with van der Waals surface area (Å²) in [6, 6.07) is 17.7. The summed E-state index contributed by atoms with van der Waals surface area (Å²) in [6.07, 6.45) is 3.55. The Hall–Kier alpha value is -3.65. The summed E-state index contributed by atoms with van der Waals surface area (Å²) in [5.41, 5.74) is 1.52. The van der Waals surface area contributed by atoms with Gasteiger partial charge >= 0.3 is 0 Å². The predicted octanol–water partition coefficient (Wildman–Crippen LogP) is 5.44. The molecule has 256 valence electrons. The van der Waals surface area contributed by atoms with E-state index < -0.39 is 47.6 Å². The highest BCUT2D eigenvalue weighted by atomic mass is 16.3. The maximum absolute atomic E-state index is 14.0. The first-order valence-electron chi connectivity index (χ1n) is 17.2. The van der Waals surface area contributed by atoms with Gasteiger partial charge in [0, 0.05) is 30.1 Å². The molecule has 0 saturated heterocycles. The first-order valence-corrected chi connectivity index (χ1v) is 17.2. The zero-order valence-electron chi connectivity index (χ0n) is 28.8. The van der Waals surface area contributed by atoms with Crippen LogP contribution in [0.1, 0.15) is 90.7 Å². The summed E-state index contributed by atoms with van der Waals surface area (Å²) in [7, 11) is 0. The number of carbonyl (C=O) groups excluding carboxylic acids is 5. The van der Waals surface area contributed by atoms with E-state index in [-0.39, 0.29) is 42.2 Å². The Morgan fingerprint density at radius 2 is 1.23 bits per heavy atom. The minimum Gasteiger partial charge on any atom is -0.389 e. The molecule has 3 N–H and O–H groups in total. The lowest BCUT2D eigenvalue weighted by atomic mass is 9.87. The highest BCUT2D eigenvalue weighted by molar-refractivity contribution is 5.97. The van der Waals surface area contributed by atoms with Crippen LogP contribution in [0.25, 0.3) is 0 Å². The zero-order chi connectivity index (χ0) is 34.6. The molecule has 0 aromatic heterocycles. The van der Waals surface area contributed by atoms with E-state index in [1.165, 1.54) is 0 Å². The number of aryl methyl sites for hydroxylation is 1. The van der Waals surface area contributed by atoms with Crippen LogP contribution in [0.5, 0.6) is 0 Å². The maximum Gasteiger partial charge on any atom is 0.224 e. The van der Waals surface area contributed by atoms with Crippen molar-refractivity contribution in [2.45, 2.75) is 104 Å². The number of amides is 2. The lowest BCUT2D eigenvalue weighted by Crippen LogP contribution is -2.49. The van der Waals surface area contributed by atoms with Crippen LogP contribution in [-0.2, 0) is 36.8 Å². The molecule has 47 heavy (non-hydrogen) atoms. The van der Waals surface area contributed by atoms with Gasteiger partial charge in [-0.15, -0.1) is 0 Å². The molecule has 0 aliphatic heterocycles. The van der Waals surface area contributed by atoms with Crippen LogP contribution in [0.4, 0.5) is 0 Å². The molecule has 2 aromatic rings. The van der Waals surface area contributed by atoms with Gasteiger partial charge in [0.05, 0.1) is 12.1 Å². The van der Waals surface area contributed by atoms with Crippen molar-refractivity contribution in [3.8, 4) is 0 Å². The van der Waals surface area contributed by atoms with E-state index >= 15 is 0 Å². The average Bonchev–Trinajstić information content (AvgIpc) is 3.80. The lowest BCUT2D eigenvalue weighted by molar-refractivity contribution is -0.136. The molecule has 8 heteroatoms. The van der Waals surface area contributed by atoms with Gasteiger partial charge in [-0.3, -0.25) is 24.0 Å². The number of aliphatic hydroxyl groups excluding tert-OH is 1. The molecule has 1 saturated carbocycles. The number of nitrogens with one attached hydrogen (secondary N) is 2. The Labute approximate surface area is 280 Å². The molecule has 2 aromatic carbocycles. The molecule has 1 unspecified atom stereocenters. The third kappa shape index (κ3) is 12.5. The number of hydrogen-bond donors (Lipinski definition) is 3. The molecule has 0 spiro atoms. The van der Waals surface area contributed by atoms with E-state index in [1.54, 1.807) is 0 Å². The summed E-state index contributed by atoms with van der Waals surface area (Å²) in [5, 5.41) is 15.4. The van der Waals surface area contributed by atoms with Crippen molar-refractivity contribution in [3.63, 3.8) is 0 Å². The van der Waals surface area contributed by atoms with E-state index in [0.717, 1.165) is 24.0 Å². The van der Waals surface area contributed by atoms with E-state index in [1.807, 2.05) is 95.3 Å². The highest BCUT2D eigenvalue weighted by Crippen LogP contribution is 2.47. The molecule has 4 atom stereocenters. The van der Waals surface area contributed by atoms with Crippen LogP contribution >= 0.6 is 0 Å². The van der Waals surface area contributed by atoms with Crippen molar-refractivity contribution in [1.82, 2.24) is 10.6 Å². The fourth-order valence-corrected chi connectivity index (χ4v) is 6.07. The lowest BCUT2D eigenvalue weighted by Gasteiger charge is -2.27. The largest absolute Gasteiger partial charge is 0.389 e. The van der Waals surface area contributed by atoms with E-state index in [4.69, 9.17) is 0 Å². The second-order valence-corrected chi connectivity index (χ2v) is 14.5. The standard InChI is InChI=1S/C39H54N2O6/c1-26(2)20-33(40-37(46)30(23-32(43)25-42)17-16-28-12-8-6-9-13-28)35(44)24-31(22-29-14-10-7-11-15-29)38(47)41-34(21-27(3)4)36(45)39(5)18-19-39/h6-15,26-27,30-31,33-34,42H,16-25H2,1-5H3,(H,40,46)(H,41,47)/t30?,31-,33+,34+/m1/s1. The van der Waals surface area contributed by atoms with Gasteiger partial charge in [-0.1, -0.05) is 95.3 Å². The van der Waals surface area contributed by atoms with Crippen LogP contribution in [0.2, 0.25) is 0 Å². The third-order valence-electron chi connectivity index (χ3n) is 9.14. The molecule has 0 bridgehead atoms. The number of ketones is 3. The van der Waals surface area contributed by atoms with Gasteiger partial charge in [0.2, 0.25) is 11.8 Å². The summed E-state index contributed by atoms with van der Waals surface area (Å²) in [4.78, 5) is 67.2. The monoisotopic (exact) mass is 646 g/mol. The van der Waals surface area contributed by atoms with Crippen LogP contribution in [0.15, 0.2) is 60.7 Å². The van der Waals surface area contributed by atoms with Gasteiger partial charge in [0.1, 0.15) is 6.61 Å². The van der Waals surface area contributed by atoms with Crippen LogP contribution in [-0.4, -0.2) is 53.0 Å². The summed E-state index contributed by atoms with van der Waals surface area (Å²) in [6.45, 7) is 9.26. The number of hydrogen-bond acceptors (Lipinski definition) is 6. The SMILES string of the molecule is CC(C)C[C@H](NC(=O)C(CCc1ccccc1)CC(=O)CO)C(=O)C[C@@H](Cc1ccccc1)C(=O)N[C@@H](CC(C)C)C(=O)C1(C)CC1. The number of carbonyl (C=O) groups is 5. The minimum absolute atomic E-state index is 0.0493. The number of rotatable bonds is 21. The minimum atomic E-state index is -0.851. The topological polar surface area (TPSA) is 130 Å². The first-order chi connectivity index (χ1) is 22.3. The van der Waals surface area contributed by atoms with Crippen molar-refractivity contribution in [3.05, 3.63) is 71.8 Å². The quantitative estimate of drug-likeness (QED) is 0.166. The predicted molar refractivity (Wildman–Crippen MR) is 183 cm³/mol. The summed E-state index contributed by atoms with van der Waals surface area (Å²) in [5.74, 6) is -2.59. The summed E-state index contributed by atoms with van der Waals surface area (Å²) < 4.78 is 0. The van der Waals surface area contributed by atoms with E-state index in [0.29, 0.717) is 32.1 Å². The van der Waals surface area contributed by atoms with Gasteiger partial charge in [-0.2, -0.15) is 0 Å². The van der Waals surface area contributed by atoms with Crippen molar-refractivity contribution < 1.29 is 29.1 Å². The van der Waals surface area contributed by atoms with Gasteiger partial charge in [0.15, 0.2) is 17.3 Å². The smallest absolute Gasteiger partial charge is 0.224 e. The van der Waals surface area contributed by atoms with E-state index in [9.17, 15) is 29.1 Å². The molecule has 1 fully saturated rings. The molecule has 8 nitrogen and oxygen atoms in total. The maximum atomic E-state index is 14.0. The van der Waals surface area contributed by atoms with Crippen LogP contribution in [0.3, 0.4) is 0 Å². The fraction of sp³-hybridized carbons (Fsp3) is 0.564. The Morgan fingerprint density at radius 3 is 1.77 bits per heavy atom. The Morgan fingerprint density at radius 1 is 0.723 bits per heavy atom. The molecule has 2 amide bonds. The highest BCUT2D eigenvalue weighted by Gasteiger charge is 2.48. The van der Waals surface area contributed by atoms with Crippen LogP contribution < -0.4 is 10.6 Å². The Bertz CT molecular complexity index is 1340. The van der Waals surface area contributed by atoms with Crippen LogP contribution in [0, 0.1) is 29.1 Å². The van der Waals surface area contributed by atoms with Crippen molar-refractivity contribution in [1.29, 1.82) is 0 Å². The first kappa shape index (κ1) is 37.8. The van der Waals surface area contributed by atoms with Crippen molar-refractivity contribution >= 4 is 29.2 Å². The van der Waals surface area contributed by atoms with Gasteiger partial charge in [-0.25, -0.2) is 0 Å². The number of benzene rings is 2. The molecular weight excluding hydrogens is 592 g/mol. The second-order valence-electron chi connectivity index (χ2n) is 14.5.